The van der Waals surface area contributed by atoms with Crippen molar-refractivity contribution in [1.29, 1.82) is 0 Å². The second-order valence-corrected chi connectivity index (χ2v) is 6.48. The molecule has 2 amide bonds. The summed E-state index contributed by atoms with van der Waals surface area (Å²) in [7, 11) is 0. The maximum Gasteiger partial charge on any atom is 0.319 e. The van der Waals surface area contributed by atoms with E-state index in [4.69, 9.17) is 0 Å². The second-order valence-electron chi connectivity index (χ2n) is 5.57. The van der Waals surface area contributed by atoms with Crippen LogP contribution in [0.4, 0.5) is 14.9 Å². The van der Waals surface area contributed by atoms with E-state index in [1.807, 2.05) is 47.2 Å². The van der Waals surface area contributed by atoms with Crippen molar-refractivity contribution in [2.45, 2.75) is 13.1 Å². The Morgan fingerprint density at radius 1 is 1.04 bits per heavy atom. The highest BCUT2D eigenvalue weighted by Gasteiger charge is 2.06. The maximum atomic E-state index is 13.0. The van der Waals surface area contributed by atoms with E-state index in [1.165, 1.54) is 12.1 Å². The Kier molecular flexibility index (Phi) is 5.50. The molecule has 0 saturated carbocycles. The molecule has 6 heteroatoms. The molecule has 128 valence electrons. The predicted molar refractivity (Wildman–Crippen MR) is 99.9 cm³/mol. The van der Waals surface area contributed by atoms with Crippen LogP contribution in [0.5, 0.6) is 0 Å². The van der Waals surface area contributed by atoms with Gasteiger partial charge >= 0.3 is 6.03 Å². The van der Waals surface area contributed by atoms with E-state index in [9.17, 15) is 9.18 Å². The van der Waals surface area contributed by atoms with E-state index >= 15 is 0 Å². The molecular formula is C19H17BrFN3O. The van der Waals surface area contributed by atoms with E-state index in [0.29, 0.717) is 13.1 Å². The van der Waals surface area contributed by atoms with Gasteiger partial charge in [0.05, 0.1) is 6.54 Å². The second kappa shape index (κ2) is 7.98. The van der Waals surface area contributed by atoms with Gasteiger partial charge in [-0.1, -0.05) is 28.1 Å². The zero-order chi connectivity index (χ0) is 17.6. The fourth-order valence-corrected chi connectivity index (χ4v) is 2.69. The first-order valence-electron chi connectivity index (χ1n) is 7.79. The third-order valence-electron chi connectivity index (χ3n) is 3.72. The molecule has 3 rings (SSSR count). The molecule has 25 heavy (non-hydrogen) atoms. The minimum atomic E-state index is -0.267. The number of benzene rings is 2. The summed E-state index contributed by atoms with van der Waals surface area (Å²) in [6.45, 7) is 1.02. The summed E-state index contributed by atoms with van der Waals surface area (Å²) < 4.78 is 16.0. The van der Waals surface area contributed by atoms with Gasteiger partial charge in [-0.15, -0.1) is 0 Å². The first kappa shape index (κ1) is 17.2. The number of aromatic nitrogens is 1. The van der Waals surface area contributed by atoms with E-state index < -0.39 is 0 Å². The lowest BCUT2D eigenvalue weighted by molar-refractivity contribution is 0.251. The lowest BCUT2D eigenvalue weighted by Gasteiger charge is -2.11. The highest BCUT2D eigenvalue weighted by atomic mass is 79.9. The molecule has 0 fully saturated rings. The summed E-state index contributed by atoms with van der Waals surface area (Å²) in [5.41, 5.74) is 2.69. The molecule has 1 heterocycles. The summed E-state index contributed by atoms with van der Waals surface area (Å²) in [4.78, 5) is 12.0. The van der Waals surface area contributed by atoms with Gasteiger partial charge in [0.15, 0.2) is 0 Å². The van der Waals surface area contributed by atoms with Crippen LogP contribution in [0.2, 0.25) is 0 Å². The molecule has 0 aliphatic rings. The minimum absolute atomic E-state index is 0.247. The molecular weight excluding hydrogens is 385 g/mol. The fraction of sp³-hybridized carbons (Fsp3) is 0.105. The Balaban J connectivity index is 1.56. The summed E-state index contributed by atoms with van der Waals surface area (Å²) in [6, 6.07) is 17.4. The third-order valence-corrected chi connectivity index (χ3v) is 4.25. The maximum absolute atomic E-state index is 13.0. The summed E-state index contributed by atoms with van der Waals surface area (Å²) >= 11 is 3.36. The smallest absolute Gasteiger partial charge is 0.319 e. The van der Waals surface area contributed by atoms with Gasteiger partial charge in [-0.3, -0.25) is 0 Å². The van der Waals surface area contributed by atoms with Gasteiger partial charge in [-0.05, 0) is 54.1 Å². The summed E-state index contributed by atoms with van der Waals surface area (Å²) in [5, 5.41) is 5.63. The lowest BCUT2D eigenvalue weighted by atomic mass is 10.2. The summed E-state index contributed by atoms with van der Waals surface area (Å²) in [6.07, 6.45) is 1.94. The average Bonchev–Trinajstić information content (AvgIpc) is 3.04. The molecule has 2 aromatic carbocycles. The fourth-order valence-electron chi connectivity index (χ4n) is 2.43. The van der Waals surface area contributed by atoms with Crippen LogP contribution in [-0.4, -0.2) is 10.6 Å². The molecule has 0 unspecified atom stereocenters. The molecule has 3 aromatic rings. The van der Waals surface area contributed by atoms with Gasteiger partial charge in [0, 0.05) is 28.6 Å². The van der Waals surface area contributed by atoms with Crippen molar-refractivity contribution in [1.82, 2.24) is 9.88 Å². The van der Waals surface area contributed by atoms with Crippen LogP contribution in [0, 0.1) is 5.82 Å². The molecule has 0 aliphatic carbocycles. The monoisotopic (exact) mass is 401 g/mol. The Labute approximate surface area is 153 Å². The van der Waals surface area contributed by atoms with Crippen molar-refractivity contribution in [3.8, 4) is 0 Å². The van der Waals surface area contributed by atoms with Crippen molar-refractivity contribution in [3.05, 3.63) is 88.4 Å². The lowest BCUT2D eigenvalue weighted by Crippen LogP contribution is -2.29. The van der Waals surface area contributed by atoms with Crippen LogP contribution in [0.1, 0.15) is 11.3 Å². The average molecular weight is 402 g/mol. The molecule has 0 bridgehead atoms. The van der Waals surface area contributed by atoms with E-state index in [0.717, 1.165) is 21.4 Å². The number of nitrogens with zero attached hydrogens (tertiary/aromatic N) is 1. The Morgan fingerprint density at radius 2 is 1.76 bits per heavy atom. The topological polar surface area (TPSA) is 46.1 Å². The number of anilines is 1. The number of carbonyl (C=O) groups is 1. The number of rotatable bonds is 5. The van der Waals surface area contributed by atoms with Gasteiger partial charge in [0.1, 0.15) is 5.82 Å². The van der Waals surface area contributed by atoms with Crippen molar-refractivity contribution in [2.75, 3.05) is 5.32 Å². The van der Waals surface area contributed by atoms with Crippen molar-refractivity contribution < 1.29 is 9.18 Å². The highest BCUT2D eigenvalue weighted by Crippen LogP contribution is 2.14. The van der Waals surface area contributed by atoms with Crippen LogP contribution in [0.15, 0.2) is 71.3 Å². The Hall–Kier alpha value is -2.60. The number of carbonyl (C=O) groups excluding carboxylic acids is 1. The van der Waals surface area contributed by atoms with Gasteiger partial charge < -0.3 is 15.2 Å². The molecule has 4 nitrogen and oxygen atoms in total. The quantitative estimate of drug-likeness (QED) is 0.635. The zero-order valence-electron chi connectivity index (χ0n) is 13.4. The number of hydrogen-bond acceptors (Lipinski definition) is 1. The van der Waals surface area contributed by atoms with Crippen molar-refractivity contribution in [3.63, 3.8) is 0 Å². The van der Waals surface area contributed by atoms with Crippen LogP contribution >= 0.6 is 15.9 Å². The molecule has 0 spiro atoms. The zero-order valence-corrected chi connectivity index (χ0v) is 15.0. The summed E-state index contributed by atoms with van der Waals surface area (Å²) in [5.74, 6) is -0.247. The van der Waals surface area contributed by atoms with Crippen LogP contribution in [0.3, 0.4) is 0 Å². The van der Waals surface area contributed by atoms with Crippen molar-refractivity contribution >= 4 is 27.6 Å². The third kappa shape index (κ3) is 4.93. The van der Waals surface area contributed by atoms with E-state index in [1.54, 1.807) is 12.1 Å². The van der Waals surface area contributed by atoms with Gasteiger partial charge in [0.25, 0.3) is 0 Å². The standard InChI is InChI=1S/C19H17BrFN3O/c20-15-5-9-17(10-6-15)23-19(25)22-12-18-2-1-11-24(18)13-14-3-7-16(21)8-4-14/h1-11H,12-13H2,(H2,22,23,25). The normalized spacial score (nSPS) is 10.5. The van der Waals surface area contributed by atoms with E-state index in [2.05, 4.69) is 26.6 Å². The molecule has 1 aromatic heterocycles. The SMILES string of the molecule is O=C(NCc1cccn1Cc1ccc(F)cc1)Nc1ccc(Br)cc1. The van der Waals surface area contributed by atoms with Gasteiger partial charge in [-0.25, -0.2) is 9.18 Å². The highest BCUT2D eigenvalue weighted by molar-refractivity contribution is 9.10. The van der Waals surface area contributed by atoms with Crippen LogP contribution in [0.25, 0.3) is 0 Å². The molecule has 0 saturated heterocycles. The Bertz CT molecular complexity index is 844. The largest absolute Gasteiger partial charge is 0.345 e. The first-order valence-corrected chi connectivity index (χ1v) is 8.58. The molecule has 2 N–H and O–H groups in total. The predicted octanol–water partition coefficient (Wildman–Crippen LogP) is 4.76. The number of halogens is 2. The number of hydrogen-bond donors (Lipinski definition) is 2. The number of amides is 2. The Morgan fingerprint density at radius 3 is 2.48 bits per heavy atom. The number of urea groups is 1. The van der Waals surface area contributed by atoms with Crippen molar-refractivity contribution in [2.24, 2.45) is 0 Å². The molecule has 0 aliphatic heterocycles. The minimum Gasteiger partial charge on any atom is -0.345 e. The van der Waals surface area contributed by atoms with Gasteiger partial charge in [0.2, 0.25) is 0 Å². The van der Waals surface area contributed by atoms with Crippen LogP contribution < -0.4 is 10.6 Å². The number of nitrogens with one attached hydrogen (secondary N) is 2. The van der Waals surface area contributed by atoms with Crippen LogP contribution in [-0.2, 0) is 13.1 Å². The van der Waals surface area contributed by atoms with Gasteiger partial charge in [-0.2, -0.15) is 0 Å². The molecule has 0 atom stereocenters. The molecule has 0 radical (unpaired) electrons. The first-order chi connectivity index (χ1) is 12.1. The van der Waals surface area contributed by atoms with E-state index in [-0.39, 0.29) is 11.8 Å².